The van der Waals surface area contributed by atoms with Crippen molar-refractivity contribution in [3.05, 3.63) is 23.7 Å². The molecule has 1 aromatic rings. The standard InChI is InChI=1S/C12H17NO3S/c1-2-10-8-13(4-6-17-10)7-9-3-5-16-11(9)12(14)15/h3,5,10H,2,4,6-8H2,1H3,(H,14,15). The Morgan fingerprint density at radius 2 is 2.53 bits per heavy atom. The molecule has 0 bridgehead atoms. The Balaban J connectivity index is 2.00. The summed E-state index contributed by atoms with van der Waals surface area (Å²) in [6.45, 7) is 4.92. The highest BCUT2D eigenvalue weighted by molar-refractivity contribution is 8.00. The van der Waals surface area contributed by atoms with Crippen molar-refractivity contribution in [2.75, 3.05) is 18.8 Å². The summed E-state index contributed by atoms with van der Waals surface area (Å²) in [7, 11) is 0. The second kappa shape index (κ2) is 5.60. The number of hydrogen-bond acceptors (Lipinski definition) is 4. The number of carbonyl (C=O) groups is 1. The number of aromatic carboxylic acids is 1. The van der Waals surface area contributed by atoms with E-state index >= 15 is 0 Å². The van der Waals surface area contributed by atoms with Gasteiger partial charge in [-0.1, -0.05) is 6.92 Å². The Hall–Kier alpha value is -0.940. The molecule has 1 saturated heterocycles. The maximum absolute atomic E-state index is 10.9. The second-order valence-corrected chi connectivity index (χ2v) is 5.62. The van der Waals surface area contributed by atoms with E-state index in [0.717, 1.165) is 24.4 Å². The number of thioether (sulfide) groups is 1. The molecule has 1 N–H and O–H groups in total. The number of nitrogens with zero attached hydrogens (tertiary/aromatic N) is 1. The third-order valence-electron chi connectivity index (χ3n) is 3.01. The molecule has 5 heteroatoms. The molecule has 0 radical (unpaired) electrons. The fraction of sp³-hybridized carbons (Fsp3) is 0.583. The van der Waals surface area contributed by atoms with Crippen LogP contribution in [-0.4, -0.2) is 40.1 Å². The largest absolute Gasteiger partial charge is 0.475 e. The van der Waals surface area contributed by atoms with E-state index in [2.05, 4.69) is 11.8 Å². The van der Waals surface area contributed by atoms with E-state index < -0.39 is 5.97 Å². The van der Waals surface area contributed by atoms with Crippen LogP contribution in [0.4, 0.5) is 0 Å². The van der Waals surface area contributed by atoms with E-state index in [0.29, 0.717) is 11.8 Å². The second-order valence-electron chi connectivity index (χ2n) is 4.22. The monoisotopic (exact) mass is 255 g/mol. The summed E-state index contributed by atoms with van der Waals surface area (Å²) >= 11 is 2.01. The molecule has 1 fully saturated rings. The SMILES string of the molecule is CCC1CN(Cc2ccoc2C(=O)O)CCS1. The summed E-state index contributed by atoms with van der Waals surface area (Å²) in [6.07, 6.45) is 2.62. The van der Waals surface area contributed by atoms with E-state index in [1.165, 1.54) is 12.7 Å². The van der Waals surface area contributed by atoms with Crippen LogP contribution in [-0.2, 0) is 6.54 Å². The Morgan fingerprint density at radius 3 is 3.24 bits per heavy atom. The predicted molar refractivity (Wildman–Crippen MR) is 67.5 cm³/mol. The first-order valence-electron chi connectivity index (χ1n) is 5.84. The molecule has 0 aromatic carbocycles. The quantitative estimate of drug-likeness (QED) is 0.894. The molecule has 1 aliphatic rings. The average molecular weight is 255 g/mol. The van der Waals surface area contributed by atoms with Crippen molar-refractivity contribution >= 4 is 17.7 Å². The van der Waals surface area contributed by atoms with Crippen LogP contribution in [0.15, 0.2) is 16.7 Å². The number of carboxylic acids is 1. The van der Waals surface area contributed by atoms with Crippen LogP contribution in [0.5, 0.6) is 0 Å². The van der Waals surface area contributed by atoms with Gasteiger partial charge in [-0.3, -0.25) is 4.90 Å². The molecule has 2 heterocycles. The van der Waals surface area contributed by atoms with Crippen LogP contribution in [0.1, 0.15) is 29.5 Å². The molecule has 2 rings (SSSR count). The van der Waals surface area contributed by atoms with Crippen molar-refractivity contribution in [3.63, 3.8) is 0 Å². The highest BCUT2D eigenvalue weighted by Crippen LogP contribution is 2.23. The Kier molecular flexibility index (Phi) is 4.12. The first-order valence-corrected chi connectivity index (χ1v) is 6.89. The molecular formula is C12H17NO3S. The summed E-state index contributed by atoms with van der Waals surface area (Å²) < 4.78 is 4.99. The Morgan fingerprint density at radius 1 is 1.71 bits per heavy atom. The van der Waals surface area contributed by atoms with Crippen molar-refractivity contribution in [1.82, 2.24) is 4.90 Å². The molecule has 94 valence electrons. The minimum atomic E-state index is -0.983. The van der Waals surface area contributed by atoms with Gasteiger partial charge in [-0.25, -0.2) is 4.79 Å². The lowest BCUT2D eigenvalue weighted by Crippen LogP contribution is -2.37. The predicted octanol–water partition coefficient (Wildman–Crippen LogP) is 2.31. The van der Waals surface area contributed by atoms with Crippen LogP contribution < -0.4 is 0 Å². The summed E-state index contributed by atoms with van der Waals surface area (Å²) in [6, 6.07) is 1.76. The van der Waals surface area contributed by atoms with Gasteiger partial charge in [0.15, 0.2) is 0 Å². The van der Waals surface area contributed by atoms with E-state index in [9.17, 15) is 4.79 Å². The zero-order chi connectivity index (χ0) is 12.3. The van der Waals surface area contributed by atoms with Gasteiger partial charge in [-0.15, -0.1) is 0 Å². The fourth-order valence-corrected chi connectivity index (χ4v) is 3.31. The molecule has 1 unspecified atom stereocenters. The number of rotatable bonds is 4. The first kappa shape index (κ1) is 12.5. The van der Waals surface area contributed by atoms with Crippen LogP contribution in [0.3, 0.4) is 0 Å². The zero-order valence-corrected chi connectivity index (χ0v) is 10.7. The van der Waals surface area contributed by atoms with E-state index in [1.807, 2.05) is 11.8 Å². The van der Waals surface area contributed by atoms with Crippen molar-refractivity contribution in [2.45, 2.75) is 25.1 Å². The maximum atomic E-state index is 10.9. The van der Waals surface area contributed by atoms with Gasteiger partial charge in [-0.05, 0) is 12.5 Å². The lowest BCUT2D eigenvalue weighted by molar-refractivity contribution is 0.0659. The van der Waals surface area contributed by atoms with Crippen molar-refractivity contribution in [3.8, 4) is 0 Å². The molecule has 4 nitrogen and oxygen atoms in total. The van der Waals surface area contributed by atoms with Gasteiger partial charge in [0, 0.05) is 36.2 Å². The topological polar surface area (TPSA) is 53.7 Å². The fourth-order valence-electron chi connectivity index (χ4n) is 2.06. The van der Waals surface area contributed by atoms with Gasteiger partial charge in [0.05, 0.1) is 6.26 Å². The van der Waals surface area contributed by atoms with Gasteiger partial charge >= 0.3 is 5.97 Å². The highest BCUT2D eigenvalue weighted by Gasteiger charge is 2.22. The molecule has 0 saturated carbocycles. The molecule has 1 aliphatic heterocycles. The van der Waals surface area contributed by atoms with Crippen LogP contribution in [0.25, 0.3) is 0 Å². The molecule has 1 atom stereocenters. The number of carboxylic acid groups (broad SMARTS) is 1. The smallest absolute Gasteiger partial charge is 0.372 e. The van der Waals surface area contributed by atoms with Crippen molar-refractivity contribution in [2.24, 2.45) is 0 Å². The average Bonchev–Trinajstić information content (AvgIpc) is 2.77. The summed E-state index contributed by atoms with van der Waals surface area (Å²) in [5, 5.41) is 9.64. The molecule has 0 aliphatic carbocycles. The van der Waals surface area contributed by atoms with Gasteiger partial charge in [-0.2, -0.15) is 11.8 Å². The van der Waals surface area contributed by atoms with Gasteiger partial charge < -0.3 is 9.52 Å². The van der Waals surface area contributed by atoms with E-state index in [1.54, 1.807) is 6.07 Å². The molecule has 0 spiro atoms. The summed E-state index contributed by atoms with van der Waals surface area (Å²) in [4.78, 5) is 13.2. The Labute approximate surface area is 105 Å². The van der Waals surface area contributed by atoms with E-state index in [4.69, 9.17) is 9.52 Å². The lowest BCUT2D eigenvalue weighted by atomic mass is 10.2. The van der Waals surface area contributed by atoms with Gasteiger partial charge in [0.25, 0.3) is 0 Å². The third-order valence-corrected chi connectivity index (χ3v) is 4.39. The van der Waals surface area contributed by atoms with Gasteiger partial charge in [0.1, 0.15) is 0 Å². The minimum absolute atomic E-state index is 0.0799. The lowest BCUT2D eigenvalue weighted by Gasteiger charge is -2.31. The van der Waals surface area contributed by atoms with Crippen LogP contribution >= 0.6 is 11.8 Å². The van der Waals surface area contributed by atoms with Crippen molar-refractivity contribution < 1.29 is 14.3 Å². The number of hydrogen-bond donors (Lipinski definition) is 1. The zero-order valence-electron chi connectivity index (χ0n) is 9.89. The van der Waals surface area contributed by atoms with Crippen molar-refractivity contribution in [1.29, 1.82) is 0 Å². The first-order chi connectivity index (χ1) is 8.20. The normalized spacial score (nSPS) is 21.6. The highest BCUT2D eigenvalue weighted by atomic mass is 32.2. The van der Waals surface area contributed by atoms with Crippen LogP contribution in [0, 0.1) is 0 Å². The number of furan rings is 1. The molecule has 0 amide bonds. The molecular weight excluding hydrogens is 238 g/mol. The summed E-state index contributed by atoms with van der Waals surface area (Å²) in [5.74, 6) is 0.221. The Bertz CT molecular complexity index is 391. The minimum Gasteiger partial charge on any atom is -0.475 e. The molecule has 17 heavy (non-hydrogen) atoms. The summed E-state index contributed by atoms with van der Waals surface area (Å²) in [5.41, 5.74) is 0.777. The van der Waals surface area contributed by atoms with E-state index in [-0.39, 0.29) is 5.76 Å². The van der Waals surface area contributed by atoms with Gasteiger partial charge in [0.2, 0.25) is 5.76 Å². The third kappa shape index (κ3) is 3.04. The molecule has 1 aromatic heterocycles. The maximum Gasteiger partial charge on any atom is 0.372 e. The van der Waals surface area contributed by atoms with Crippen LogP contribution in [0.2, 0.25) is 0 Å².